The van der Waals surface area contributed by atoms with Gasteiger partial charge in [0.05, 0.1) is 11.2 Å². The minimum Gasteiger partial charge on any atom is -0.385 e. The van der Waals surface area contributed by atoms with E-state index in [-0.39, 0.29) is 52.9 Å². The van der Waals surface area contributed by atoms with Crippen molar-refractivity contribution in [1.29, 1.82) is 0 Å². The van der Waals surface area contributed by atoms with E-state index >= 15 is 0 Å². The molecule has 0 bridgehead atoms. The third-order valence-electron chi connectivity index (χ3n) is 9.12. The highest BCUT2D eigenvalue weighted by Crippen LogP contribution is 2.51. The molecule has 4 aliphatic rings. The number of nitrogens with zero attached hydrogens (tertiary/aromatic N) is 1. The van der Waals surface area contributed by atoms with Crippen molar-refractivity contribution >= 4 is 23.5 Å². The maximum absolute atomic E-state index is 14.2. The number of carbonyl (C=O) groups excluding carboxylic acids is 4. The predicted octanol–water partition coefficient (Wildman–Crippen LogP) is 3.73. The molecular formula is C30H42N2O5. The van der Waals surface area contributed by atoms with Crippen LogP contribution in [0.25, 0.3) is 0 Å². The van der Waals surface area contributed by atoms with Gasteiger partial charge in [-0.2, -0.15) is 0 Å². The summed E-state index contributed by atoms with van der Waals surface area (Å²) in [5, 5.41) is 14.2. The van der Waals surface area contributed by atoms with Crippen LogP contribution in [0.4, 0.5) is 0 Å². The van der Waals surface area contributed by atoms with Crippen LogP contribution in [0.1, 0.15) is 72.1 Å². The van der Waals surface area contributed by atoms with Gasteiger partial charge in [-0.25, -0.2) is 0 Å². The Morgan fingerprint density at radius 2 is 1.92 bits per heavy atom. The summed E-state index contributed by atoms with van der Waals surface area (Å²) in [6, 6.07) is 0. The second-order valence-corrected chi connectivity index (χ2v) is 11.7. The minimum absolute atomic E-state index is 0.0663. The number of unbranched alkanes of at least 4 members (excludes halogenated alkanes) is 2. The summed E-state index contributed by atoms with van der Waals surface area (Å²) >= 11 is 0. The van der Waals surface area contributed by atoms with Gasteiger partial charge in [0, 0.05) is 42.3 Å². The third kappa shape index (κ3) is 5.12. The zero-order valence-corrected chi connectivity index (χ0v) is 22.5. The molecule has 2 fully saturated rings. The number of aliphatic hydroxyl groups is 1. The van der Waals surface area contributed by atoms with E-state index in [4.69, 9.17) is 0 Å². The molecule has 37 heavy (non-hydrogen) atoms. The Morgan fingerprint density at radius 3 is 2.57 bits per heavy atom. The summed E-state index contributed by atoms with van der Waals surface area (Å²) in [6.45, 7) is 11.4. The summed E-state index contributed by atoms with van der Waals surface area (Å²) in [7, 11) is 0. The highest BCUT2D eigenvalue weighted by Gasteiger charge is 2.56. The second kappa shape index (κ2) is 11.1. The van der Waals surface area contributed by atoms with Gasteiger partial charge in [-0.3, -0.25) is 24.5 Å². The molecule has 2 aliphatic carbocycles. The average Bonchev–Trinajstić information content (AvgIpc) is 3.49. The molecule has 7 heteroatoms. The quantitative estimate of drug-likeness (QED) is 0.213. The number of fused-ring (bicyclic) bond motifs is 1. The van der Waals surface area contributed by atoms with Crippen LogP contribution in [-0.4, -0.2) is 52.2 Å². The number of hydrogen-bond donors (Lipinski definition) is 2. The third-order valence-corrected chi connectivity index (χ3v) is 9.12. The topological polar surface area (TPSA) is 104 Å². The Morgan fingerprint density at radius 1 is 1.22 bits per heavy atom. The van der Waals surface area contributed by atoms with E-state index in [0.717, 1.165) is 45.2 Å². The van der Waals surface area contributed by atoms with E-state index in [2.05, 4.69) is 18.8 Å². The maximum atomic E-state index is 14.2. The molecule has 0 aromatic carbocycles. The van der Waals surface area contributed by atoms with Crippen LogP contribution in [0.15, 0.2) is 36.0 Å². The second-order valence-electron chi connectivity index (χ2n) is 11.7. The van der Waals surface area contributed by atoms with Crippen molar-refractivity contribution in [2.75, 3.05) is 13.1 Å². The summed E-state index contributed by atoms with van der Waals surface area (Å²) in [5.74, 6) is -3.55. The van der Waals surface area contributed by atoms with Crippen molar-refractivity contribution < 1.29 is 24.3 Å². The highest BCUT2D eigenvalue weighted by molar-refractivity contribution is 6.33. The molecule has 1 saturated carbocycles. The molecule has 0 spiro atoms. The monoisotopic (exact) mass is 510 g/mol. The molecule has 202 valence electrons. The minimum atomic E-state index is -1.32. The molecule has 7 atom stereocenters. The fourth-order valence-corrected chi connectivity index (χ4v) is 7.33. The van der Waals surface area contributed by atoms with Gasteiger partial charge < -0.3 is 10.0 Å². The molecule has 2 N–H and O–H groups in total. The average molecular weight is 511 g/mol. The summed E-state index contributed by atoms with van der Waals surface area (Å²) < 4.78 is 0. The first kappa shape index (κ1) is 27.5. The molecule has 3 amide bonds. The number of nitrogens with one attached hydrogen (secondary N) is 1. The van der Waals surface area contributed by atoms with E-state index < -0.39 is 29.3 Å². The SMILES string of the molecule is C=CC(CCCCC)C1=C(C(=O)C2C(C)C=CC3(O)CC(C(=O)N4CCCC4)CC(C)C23)C(=O)NC1=O. The summed E-state index contributed by atoms with van der Waals surface area (Å²) in [6.07, 6.45) is 11.7. The molecule has 0 aromatic heterocycles. The smallest absolute Gasteiger partial charge is 0.262 e. The number of ketones is 1. The lowest BCUT2D eigenvalue weighted by Crippen LogP contribution is -2.56. The van der Waals surface area contributed by atoms with E-state index in [1.165, 1.54) is 0 Å². The Hall–Kier alpha value is -2.54. The van der Waals surface area contributed by atoms with Crippen molar-refractivity contribution in [1.82, 2.24) is 10.2 Å². The zero-order valence-electron chi connectivity index (χ0n) is 22.5. The number of carbonyl (C=O) groups is 4. The van der Waals surface area contributed by atoms with Crippen LogP contribution in [-0.2, 0) is 19.2 Å². The van der Waals surface area contributed by atoms with Gasteiger partial charge in [-0.15, -0.1) is 6.58 Å². The van der Waals surface area contributed by atoms with Gasteiger partial charge in [-0.1, -0.05) is 58.3 Å². The summed E-state index contributed by atoms with van der Waals surface area (Å²) in [5.41, 5.74) is -1.16. The van der Waals surface area contributed by atoms with Crippen LogP contribution in [0, 0.1) is 35.5 Å². The number of hydrogen-bond acceptors (Lipinski definition) is 5. The van der Waals surface area contributed by atoms with Gasteiger partial charge in [-0.05, 0) is 43.9 Å². The van der Waals surface area contributed by atoms with E-state index in [9.17, 15) is 24.3 Å². The fraction of sp³-hybridized carbons (Fsp3) is 0.667. The Kier molecular flexibility index (Phi) is 8.22. The molecular weight excluding hydrogens is 468 g/mol. The molecule has 7 nitrogen and oxygen atoms in total. The van der Waals surface area contributed by atoms with Gasteiger partial charge in [0.1, 0.15) is 0 Å². The number of allylic oxidation sites excluding steroid dienone is 2. The van der Waals surface area contributed by atoms with E-state index in [1.54, 1.807) is 12.2 Å². The zero-order chi connectivity index (χ0) is 26.9. The van der Waals surface area contributed by atoms with Gasteiger partial charge in [0.15, 0.2) is 5.78 Å². The predicted molar refractivity (Wildman–Crippen MR) is 141 cm³/mol. The molecule has 0 radical (unpaired) electrons. The van der Waals surface area contributed by atoms with E-state index in [0.29, 0.717) is 12.8 Å². The Labute approximate surface area is 220 Å². The number of likely N-dealkylation sites (tertiary alicyclic amines) is 1. The van der Waals surface area contributed by atoms with Crippen molar-refractivity contribution in [3.8, 4) is 0 Å². The largest absolute Gasteiger partial charge is 0.385 e. The number of Topliss-reactive ketones (excluding diaryl/α,β-unsaturated/α-hetero) is 1. The van der Waals surface area contributed by atoms with Crippen molar-refractivity contribution in [2.45, 2.75) is 77.7 Å². The van der Waals surface area contributed by atoms with Crippen LogP contribution >= 0.6 is 0 Å². The molecule has 2 heterocycles. The lowest BCUT2D eigenvalue weighted by molar-refractivity contribution is -0.149. The Balaban J connectivity index is 1.65. The van der Waals surface area contributed by atoms with Crippen LogP contribution in [0.5, 0.6) is 0 Å². The highest BCUT2D eigenvalue weighted by atomic mass is 16.3. The molecule has 1 saturated heterocycles. The molecule has 0 aromatic rings. The van der Waals surface area contributed by atoms with Crippen LogP contribution in [0.2, 0.25) is 0 Å². The first-order valence-corrected chi connectivity index (χ1v) is 14.1. The van der Waals surface area contributed by atoms with Crippen molar-refractivity contribution in [2.24, 2.45) is 35.5 Å². The lowest BCUT2D eigenvalue weighted by Gasteiger charge is -2.51. The fourth-order valence-electron chi connectivity index (χ4n) is 7.33. The normalized spacial score (nSPS) is 34.4. The standard InChI is InChI=1S/C30H42N2O5/c1-5-7-8-11-20(6-2)23-24(28(35)31-27(23)34)26(33)22-18(3)12-13-30(37)17-21(16-19(4)25(22)30)29(36)32-14-9-10-15-32/h6,12-13,18-22,25,37H,2,5,7-11,14-17H2,1,3-4H3,(H,31,34,35). The Bertz CT molecular complexity index is 1020. The molecule has 7 unspecified atom stereocenters. The molecule has 4 rings (SSSR count). The number of rotatable bonds is 9. The number of amides is 3. The maximum Gasteiger partial charge on any atom is 0.262 e. The van der Waals surface area contributed by atoms with Crippen molar-refractivity contribution in [3.63, 3.8) is 0 Å². The van der Waals surface area contributed by atoms with Gasteiger partial charge in [0.25, 0.3) is 11.8 Å². The van der Waals surface area contributed by atoms with Crippen LogP contribution < -0.4 is 5.32 Å². The first-order chi connectivity index (χ1) is 17.6. The van der Waals surface area contributed by atoms with Crippen molar-refractivity contribution in [3.05, 3.63) is 36.0 Å². The first-order valence-electron chi connectivity index (χ1n) is 14.1. The number of imide groups is 1. The molecule has 2 aliphatic heterocycles. The van der Waals surface area contributed by atoms with E-state index in [1.807, 2.05) is 24.8 Å². The van der Waals surface area contributed by atoms with Crippen LogP contribution in [0.3, 0.4) is 0 Å². The van der Waals surface area contributed by atoms with Gasteiger partial charge in [0.2, 0.25) is 5.91 Å². The van der Waals surface area contributed by atoms with Gasteiger partial charge >= 0.3 is 0 Å². The lowest BCUT2D eigenvalue weighted by atomic mass is 9.55. The summed E-state index contributed by atoms with van der Waals surface area (Å²) in [4.78, 5) is 55.1.